The number of aryl methyl sites for hydroxylation is 2. The van der Waals surface area contributed by atoms with Crippen LogP contribution in [0.2, 0.25) is 0 Å². The topological polar surface area (TPSA) is 28.5 Å². The SMILES string of the molecule is Cc1cccc(N2CCN(CC(=O)c3cc(C)n(C(C)C)c3C)CC2)c1C. The third-order valence-electron chi connectivity index (χ3n) is 5.96. The molecule has 0 aliphatic carbocycles. The van der Waals surface area contributed by atoms with Gasteiger partial charge in [-0.05, 0) is 64.8 Å². The Hall–Kier alpha value is -2.07. The number of benzene rings is 1. The van der Waals surface area contributed by atoms with Crippen LogP contribution in [0.25, 0.3) is 0 Å². The molecule has 0 bridgehead atoms. The number of carbonyl (C=O) groups excluding carboxylic acids is 1. The van der Waals surface area contributed by atoms with Crippen molar-refractivity contribution >= 4 is 11.5 Å². The molecule has 2 aromatic rings. The summed E-state index contributed by atoms with van der Waals surface area (Å²) in [4.78, 5) is 17.7. The molecule has 0 unspecified atom stereocenters. The number of anilines is 1. The summed E-state index contributed by atoms with van der Waals surface area (Å²) in [5.41, 5.74) is 7.19. The van der Waals surface area contributed by atoms with E-state index in [0.29, 0.717) is 12.6 Å². The normalized spacial score (nSPS) is 15.6. The lowest BCUT2D eigenvalue weighted by Crippen LogP contribution is -2.48. The molecule has 0 atom stereocenters. The van der Waals surface area contributed by atoms with Crippen LogP contribution in [0.4, 0.5) is 5.69 Å². The fraction of sp³-hybridized carbons (Fsp3) is 0.522. The molecular weight excluding hydrogens is 334 g/mol. The molecule has 3 rings (SSSR count). The molecule has 4 heteroatoms. The number of aromatic nitrogens is 1. The Morgan fingerprint density at radius 2 is 1.70 bits per heavy atom. The van der Waals surface area contributed by atoms with Gasteiger partial charge >= 0.3 is 0 Å². The number of carbonyl (C=O) groups is 1. The van der Waals surface area contributed by atoms with Gasteiger partial charge in [-0.1, -0.05) is 12.1 Å². The van der Waals surface area contributed by atoms with Crippen LogP contribution in [0.5, 0.6) is 0 Å². The first-order chi connectivity index (χ1) is 12.8. The number of nitrogens with zero attached hydrogens (tertiary/aromatic N) is 3. The number of rotatable bonds is 5. The van der Waals surface area contributed by atoms with Gasteiger partial charge in [-0.25, -0.2) is 0 Å². The van der Waals surface area contributed by atoms with Crippen molar-refractivity contribution in [2.75, 3.05) is 37.6 Å². The smallest absolute Gasteiger partial charge is 0.178 e. The second-order valence-corrected chi connectivity index (χ2v) is 8.15. The van der Waals surface area contributed by atoms with Gasteiger partial charge in [-0.15, -0.1) is 0 Å². The van der Waals surface area contributed by atoms with E-state index in [1.165, 1.54) is 22.5 Å². The van der Waals surface area contributed by atoms with Crippen LogP contribution in [0, 0.1) is 27.7 Å². The van der Waals surface area contributed by atoms with Gasteiger partial charge in [0.25, 0.3) is 0 Å². The van der Waals surface area contributed by atoms with Crippen LogP contribution in [-0.2, 0) is 0 Å². The Morgan fingerprint density at radius 3 is 2.30 bits per heavy atom. The molecule has 2 heterocycles. The minimum atomic E-state index is 0.246. The zero-order chi connectivity index (χ0) is 19.7. The number of piperazine rings is 1. The van der Waals surface area contributed by atoms with Gasteiger partial charge < -0.3 is 9.47 Å². The summed E-state index contributed by atoms with van der Waals surface area (Å²) >= 11 is 0. The van der Waals surface area contributed by atoms with Crippen LogP contribution >= 0.6 is 0 Å². The van der Waals surface area contributed by atoms with Gasteiger partial charge in [-0.2, -0.15) is 0 Å². The number of hydrogen-bond donors (Lipinski definition) is 0. The highest BCUT2D eigenvalue weighted by molar-refractivity contribution is 5.99. The molecule has 1 aliphatic heterocycles. The van der Waals surface area contributed by atoms with Gasteiger partial charge in [-0.3, -0.25) is 9.69 Å². The van der Waals surface area contributed by atoms with Crippen molar-refractivity contribution in [3.05, 3.63) is 52.3 Å². The zero-order valence-electron chi connectivity index (χ0n) is 17.7. The highest BCUT2D eigenvalue weighted by Crippen LogP contribution is 2.24. The first kappa shape index (κ1) is 19.7. The van der Waals surface area contributed by atoms with Crippen molar-refractivity contribution in [2.24, 2.45) is 0 Å². The molecule has 1 aromatic carbocycles. The molecule has 27 heavy (non-hydrogen) atoms. The van der Waals surface area contributed by atoms with Crippen LogP contribution < -0.4 is 4.90 Å². The second kappa shape index (κ2) is 7.89. The van der Waals surface area contributed by atoms with E-state index in [1.807, 2.05) is 0 Å². The maximum atomic E-state index is 12.9. The molecule has 0 spiro atoms. The third-order valence-corrected chi connectivity index (χ3v) is 5.96. The fourth-order valence-corrected chi connectivity index (χ4v) is 4.37. The maximum Gasteiger partial charge on any atom is 0.178 e. The molecule has 1 aliphatic rings. The van der Waals surface area contributed by atoms with E-state index >= 15 is 0 Å². The van der Waals surface area contributed by atoms with E-state index in [9.17, 15) is 4.79 Å². The highest BCUT2D eigenvalue weighted by Gasteiger charge is 2.23. The Balaban J connectivity index is 1.63. The van der Waals surface area contributed by atoms with Gasteiger partial charge in [0.05, 0.1) is 6.54 Å². The second-order valence-electron chi connectivity index (χ2n) is 8.15. The molecule has 146 valence electrons. The van der Waals surface area contributed by atoms with Crippen LogP contribution in [0.1, 0.15) is 52.8 Å². The van der Waals surface area contributed by atoms with Crippen LogP contribution in [0.15, 0.2) is 24.3 Å². The summed E-state index contributed by atoms with van der Waals surface area (Å²) in [6.45, 7) is 17.2. The van der Waals surface area contributed by atoms with Crippen LogP contribution in [-0.4, -0.2) is 48.0 Å². The van der Waals surface area contributed by atoms with Gasteiger partial charge in [0.15, 0.2) is 5.78 Å². The van der Waals surface area contributed by atoms with Crippen molar-refractivity contribution in [2.45, 2.75) is 47.6 Å². The minimum Gasteiger partial charge on any atom is -0.369 e. The predicted octanol–water partition coefficient (Wildman–Crippen LogP) is 4.31. The molecule has 4 nitrogen and oxygen atoms in total. The standard InChI is InChI=1S/C23H33N3O/c1-16(2)26-18(4)14-21(20(26)6)23(27)15-24-10-12-25(13-11-24)22-9-7-8-17(3)19(22)5/h7-9,14,16H,10-13,15H2,1-6H3. The molecule has 1 aromatic heterocycles. The molecule has 0 radical (unpaired) electrons. The zero-order valence-corrected chi connectivity index (χ0v) is 17.7. The summed E-state index contributed by atoms with van der Waals surface area (Å²) in [6, 6.07) is 8.96. The van der Waals surface area contributed by atoms with Crippen molar-refractivity contribution in [3.8, 4) is 0 Å². The Labute approximate surface area is 163 Å². The lowest BCUT2D eigenvalue weighted by Gasteiger charge is -2.36. The molecule has 0 N–H and O–H groups in total. The summed E-state index contributed by atoms with van der Waals surface area (Å²) in [6.07, 6.45) is 0. The molecule has 1 saturated heterocycles. The van der Waals surface area contributed by atoms with Gasteiger partial charge in [0.1, 0.15) is 0 Å². The quantitative estimate of drug-likeness (QED) is 0.738. The lowest BCUT2D eigenvalue weighted by atomic mass is 10.1. The first-order valence-corrected chi connectivity index (χ1v) is 10.0. The van der Waals surface area contributed by atoms with E-state index in [2.05, 4.69) is 80.2 Å². The van der Waals surface area contributed by atoms with Crippen molar-refractivity contribution < 1.29 is 4.79 Å². The van der Waals surface area contributed by atoms with E-state index in [-0.39, 0.29) is 5.78 Å². The molecular formula is C23H33N3O. The van der Waals surface area contributed by atoms with Crippen molar-refractivity contribution in [1.82, 2.24) is 9.47 Å². The van der Waals surface area contributed by atoms with E-state index in [1.54, 1.807) is 0 Å². The average molecular weight is 368 g/mol. The maximum absolute atomic E-state index is 12.9. The Bertz CT molecular complexity index is 826. The molecule has 0 amide bonds. The number of hydrogen-bond acceptors (Lipinski definition) is 3. The van der Waals surface area contributed by atoms with Crippen LogP contribution in [0.3, 0.4) is 0 Å². The van der Waals surface area contributed by atoms with E-state index in [4.69, 9.17) is 0 Å². The minimum absolute atomic E-state index is 0.246. The van der Waals surface area contributed by atoms with E-state index < -0.39 is 0 Å². The predicted molar refractivity (Wildman–Crippen MR) is 113 cm³/mol. The summed E-state index contributed by atoms with van der Waals surface area (Å²) < 4.78 is 2.26. The summed E-state index contributed by atoms with van der Waals surface area (Å²) in [5, 5.41) is 0. The van der Waals surface area contributed by atoms with Crippen molar-refractivity contribution in [3.63, 3.8) is 0 Å². The third kappa shape index (κ3) is 3.96. The molecule has 0 saturated carbocycles. The Morgan fingerprint density at radius 1 is 1.04 bits per heavy atom. The number of Topliss-reactive ketones (excluding diaryl/α,β-unsaturated/α-hetero) is 1. The average Bonchev–Trinajstić information content (AvgIpc) is 2.93. The first-order valence-electron chi connectivity index (χ1n) is 10.0. The fourth-order valence-electron chi connectivity index (χ4n) is 4.37. The highest BCUT2D eigenvalue weighted by atomic mass is 16.1. The van der Waals surface area contributed by atoms with Gasteiger partial charge in [0.2, 0.25) is 0 Å². The Kier molecular flexibility index (Phi) is 5.75. The van der Waals surface area contributed by atoms with Crippen molar-refractivity contribution in [1.29, 1.82) is 0 Å². The summed E-state index contributed by atoms with van der Waals surface area (Å²) in [7, 11) is 0. The van der Waals surface area contributed by atoms with E-state index in [0.717, 1.165) is 37.4 Å². The number of ketones is 1. The largest absolute Gasteiger partial charge is 0.369 e. The summed E-state index contributed by atoms with van der Waals surface area (Å²) in [5.74, 6) is 0.246. The lowest BCUT2D eigenvalue weighted by molar-refractivity contribution is 0.0925. The molecule has 1 fully saturated rings. The van der Waals surface area contributed by atoms with Gasteiger partial charge in [0, 0.05) is 54.9 Å². The monoisotopic (exact) mass is 367 g/mol.